The van der Waals surface area contributed by atoms with Crippen molar-refractivity contribution in [3.8, 4) is 22.6 Å². The number of hydrogen-bond donors (Lipinski definition) is 2. The van der Waals surface area contributed by atoms with Gasteiger partial charge in [0, 0.05) is 10.8 Å². The zero-order valence-electron chi connectivity index (χ0n) is 22.2. The maximum absolute atomic E-state index is 10.7. The molecule has 39 heavy (non-hydrogen) atoms. The Balaban J connectivity index is 1.73. The van der Waals surface area contributed by atoms with Crippen molar-refractivity contribution in [3.05, 3.63) is 143 Å². The predicted octanol–water partition coefficient (Wildman–Crippen LogP) is 8.89. The maximum Gasteiger partial charge on any atom is 0.123 e. The summed E-state index contributed by atoms with van der Waals surface area (Å²) < 4.78 is 0. The van der Waals surface area contributed by atoms with Gasteiger partial charge in [0.15, 0.2) is 0 Å². The van der Waals surface area contributed by atoms with E-state index >= 15 is 0 Å². The van der Waals surface area contributed by atoms with Crippen molar-refractivity contribution in [1.29, 1.82) is 0 Å². The first kappa shape index (κ1) is 23.5. The second-order valence-electron chi connectivity index (χ2n) is 10.5. The molecule has 0 saturated heterocycles. The quantitative estimate of drug-likeness (QED) is 0.250. The van der Waals surface area contributed by atoms with Gasteiger partial charge < -0.3 is 10.2 Å². The average Bonchev–Trinajstić information content (AvgIpc) is 3.27. The molecule has 0 aliphatic heterocycles. The number of aromatic hydroxyl groups is 2. The number of rotatable bonds is 4. The molecule has 7 rings (SSSR count). The van der Waals surface area contributed by atoms with Gasteiger partial charge in [0.2, 0.25) is 0 Å². The monoisotopic (exact) mass is 506 g/mol. The molecule has 0 radical (unpaired) electrons. The van der Waals surface area contributed by atoms with E-state index < -0.39 is 5.41 Å². The Morgan fingerprint density at radius 1 is 0.436 bits per heavy atom. The van der Waals surface area contributed by atoms with Gasteiger partial charge in [-0.05, 0) is 80.3 Å². The summed E-state index contributed by atoms with van der Waals surface area (Å²) in [6.07, 6.45) is 1.66. The molecular formula is C37H30O2. The lowest BCUT2D eigenvalue weighted by molar-refractivity contribution is 0.481. The second kappa shape index (κ2) is 8.74. The summed E-state index contributed by atoms with van der Waals surface area (Å²) >= 11 is 0. The molecule has 1 aliphatic carbocycles. The van der Waals surface area contributed by atoms with Crippen LogP contribution in [0.1, 0.15) is 47.2 Å². The number of hydrogen-bond acceptors (Lipinski definition) is 2. The average molecular weight is 507 g/mol. The minimum absolute atomic E-state index is 0.311. The van der Waals surface area contributed by atoms with Gasteiger partial charge in [-0.15, -0.1) is 0 Å². The van der Waals surface area contributed by atoms with E-state index in [1.165, 1.54) is 44.5 Å². The van der Waals surface area contributed by atoms with E-state index in [0.29, 0.717) is 11.5 Å². The summed E-state index contributed by atoms with van der Waals surface area (Å²) in [5, 5.41) is 25.4. The van der Waals surface area contributed by atoms with Gasteiger partial charge in [0.05, 0.1) is 5.41 Å². The second-order valence-corrected chi connectivity index (χ2v) is 10.5. The third kappa shape index (κ3) is 3.09. The van der Waals surface area contributed by atoms with Gasteiger partial charge in [0.25, 0.3) is 0 Å². The fraction of sp³-hybridized carbons (Fsp3) is 0.135. The number of phenols is 2. The lowest BCUT2D eigenvalue weighted by atomic mass is 9.64. The topological polar surface area (TPSA) is 40.5 Å². The van der Waals surface area contributed by atoms with Crippen LogP contribution in [0.25, 0.3) is 32.7 Å². The first-order valence-corrected chi connectivity index (χ1v) is 13.8. The van der Waals surface area contributed by atoms with Crippen LogP contribution < -0.4 is 0 Å². The molecule has 0 heterocycles. The molecule has 0 amide bonds. The molecular weight excluding hydrogens is 476 g/mol. The Morgan fingerprint density at radius 3 is 1.31 bits per heavy atom. The van der Waals surface area contributed by atoms with Crippen molar-refractivity contribution < 1.29 is 10.2 Å². The first-order chi connectivity index (χ1) is 19.1. The van der Waals surface area contributed by atoms with Gasteiger partial charge in [-0.1, -0.05) is 111 Å². The summed E-state index contributed by atoms with van der Waals surface area (Å²) in [7, 11) is 0. The van der Waals surface area contributed by atoms with Crippen molar-refractivity contribution in [2.45, 2.75) is 32.1 Å². The van der Waals surface area contributed by atoms with E-state index in [2.05, 4.69) is 98.8 Å². The molecule has 2 heteroatoms. The molecule has 0 spiro atoms. The van der Waals surface area contributed by atoms with Crippen LogP contribution >= 0.6 is 0 Å². The molecule has 0 bridgehead atoms. The van der Waals surface area contributed by atoms with Gasteiger partial charge in [-0.25, -0.2) is 0 Å². The molecule has 0 atom stereocenters. The standard InChI is InChI=1S/C37H30O2/c1-3-23-25-13-9-17-35(38)29(25)19-21-33(23)37(31-15-7-5-11-27(31)28-12-6-8-16-32(28)37)34-22-20-30-26(24(34)4-2)14-10-18-36(30)39/h5-22,38-39H,3-4H2,1-2H3. The normalized spacial score (nSPS) is 13.5. The van der Waals surface area contributed by atoms with Gasteiger partial charge in [0.1, 0.15) is 11.5 Å². The van der Waals surface area contributed by atoms with Crippen LogP contribution in [-0.4, -0.2) is 10.2 Å². The molecule has 0 saturated carbocycles. The lowest BCUT2D eigenvalue weighted by Gasteiger charge is -2.37. The Morgan fingerprint density at radius 2 is 0.872 bits per heavy atom. The third-order valence-corrected chi connectivity index (χ3v) is 8.77. The molecule has 0 unspecified atom stereocenters. The highest BCUT2D eigenvalue weighted by atomic mass is 16.3. The van der Waals surface area contributed by atoms with Crippen molar-refractivity contribution in [2.75, 3.05) is 0 Å². The fourth-order valence-electron chi connectivity index (χ4n) is 7.23. The first-order valence-electron chi connectivity index (χ1n) is 13.8. The van der Waals surface area contributed by atoms with Crippen molar-refractivity contribution in [1.82, 2.24) is 0 Å². The molecule has 1 aliphatic rings. The Kier molecular flexibility index (Phi) is 5.28. The van der Waals surface area contributed by atoms with Gasteiger partial charge in [-0.3, -0.25) is 0 Å². The van der Waals surface area contributed by atoms with E-state index in [0.717, 1.165) is 34.4 Å². The Hall–Kier alpha value is -4.56. The molecule has 0 fully saturated rings. The van der Waals surface area contributed by atoms with Crippen LogP contribution in [0.2, 0.25) is 0 Å². The number of phenolic OH excluding ortho intramolecular Hbond substituents is 2. The van der Waals surface area contributed by atoms with Gasteiger partial charge in [-0.2, -0.15) is 0 Å². The van der Waals surface area contributed by atoms with Crippen LogP contribution in [-0.2, 0) is 18.3 Å². The molecule has 6 aromatic rings. The van der Waals surface area contributed by atoms with Crippen LogP contribution in [0.15, 0.2) is 109 Å². The minimum Gasteiger partial charge on any atom is -0.507 e. The maximum atomic E-state index is 10.7. The lowest BCUT2D eigenvalue weighted by Crippen LogP contribution is -2.31. The summed E-state index contributed by atoms with van der Waals surface area (Å²) in [6.45, 7) is 4.42. The van der Waals surface area contributed by atoms with Crippen LogP contribution in [0.3, 0.4) is 0 Å². The number of fused-ring (bicyclic) bond motifs is 5. The number of aryl methyl sites for hydroxylation is 2. The molecule has 6 aromatic carbocycles. The van der Waals surface area contributed by atoms with E-state index in [-0.39, 0.29) is 0 Å². The summed E-state index contributed by atoms with van der Waals surface area (Å²) in [6, 6.07) is 38.0. The van der Waals surface area contributed by atoms with Gasteiger partial charge >= 0.3 is 0 Å². The van der Waals surface area contributed by atoms with Crippen molar-refractivity contribution in [2.24, 2.45) is 0 Å². The van der Waals surface area contributed by atoms with E-state index in [4.69, 9.17) is 0 Å². The van der Waals surface area contributed by atoms with E-state index in [1.54, 1.807) is 12.1 Å². The molecule has 2 N–H and O–H groups in total. The fourth-order valence-corrected chi connectivity index (χ4v) is 7.23. The molecule has 0 aromatic heterocycles. The van der Waals surface area contributed by atoms with Crippen LogP contribution in [0, 0.1) is 0 Å². The zero-order chi connectivity index (χ0) is 26.7. The highest BCUT2D eigenvalue weighted by Crippen LogP contribution is 2.58. The largest absolute Gasteiger partial charge is 0.507 e. The SMILES string of the molecule is CCc1c(C2(c3ccc4c(O)cccc4c3CC)c3ccccc3-c3ccccc32)ccc2c(O)cccc12. The Labute approximate surface area is 228 Å². The van der Waals surface area contributed by atoms with Crippen LogP contribution in [0.4, 0.5) is 0 Å². The van der Waals surface area contributed by atoms with Crippen molar-refractivity contribution in [3.63, 3.8) is 0 Å². The minimum atomic E-state index is -0.552. The van der Waals surface area contributed by atoms with E-state index in [1.807, 2.05) is 12.1 Å². The summed E-state index contributed by atoms with van der Waals surface area (Å²) in [5.41, 5.74) is 9.48. The van der Waals surface area contributed by atoms with Crippen molar-refractivity contribution >= 4 is 21.5 Å². The number of benzene rings is 6. The van der Waals surface area contributed by atoms with Crippen LogP contribution in [0.5, 0.6) is 11.5 Å². The third-order valence-electron chi connectivity index (χ3n) is 8.77. The highest BCUT2D eigenvalue weighted by molar-refractivity contribution is 5.97. The summed E-state index contributed by atoms with van der Waals surface area (Å²) in [4.78, 5) is 0. The predicted molar refractivity (Wildman–Crippen MR) is 161 cm³/mol. The Bertz CT molecular complexity index is 1770. The smallest absolute Gasteiger partial charge is 0.123 e. The molecule has 190 valence electrons. The summed E-state index contributed by atoms with van der Waals surface area (Å²) in [5.74, 6) is 0.621. The van der Waals surface area contributed by atoms with E-state index in [9.17, 15) is 10.2 Å². The highest BCUT2D eigenvalue weighted by Gasteiger charge is 2.48. The zero-order valence-corrected chi connectivity index (χ0v) is 22.2. The molecule has 2 nitrogen and oxygen atoms in total.